The number of rotatable bonds is 12. The van der Waals surface area contributed by atoms with Gasteiger partial charge in [0.15, 0.2) is 29.6 Å². The fraction of sp³-hybridized carbons (Fsp3) is 0.208. The minimum Gasteiger partial charge on any atom is -0.451 e. The highest BCUT2D eigenvalue weighted by Crippen LogP contribution is 2.66. The molecule has 2 aromatic heterocycles. The van der Waals surface area contributed by atoms with Gasteiger partial charge in [0.05, 0.1) is 18.5 Å². The lowest BCUT2D eigenvalue weighted by atomic mass is 10.0. The van der Waals surface area contributed by atoms with Crippen LogP contribution in [0.3, 0.4) is 0 Å². The van der Waals surface area contributed by atoms with Gasteiger partial charge in [0.1, 0.15) is 24.1 Å². The third-order valence-electron chi connectivity index (χ3n) is 6.45. The molecule has 0 bridgehead atoms. The number of nitrogens with zero attached hydrogens (tertiary/aromatic N) is 4. The first kappa shape index (κ1) is 34.6. The molecule has 5 rings (SSSR count). The molecule has 0 aliphatic carbocycles. The van der Waals surface area contributed by atoms with Gasteiger partial charge in [-0.05, 0) is 12.1 Å². The molecule has 0 radical (unpaired) electrons. The lowest BCUT2D eigenvalue weighted by Gasteiger charge is -2.22. The summed E-state index contributed by atoms with van der Waals surface area (Å²) < 4.78 is 59.4. The Bertz CT molecular complexity index is 1940. The summed E-state index contributed by atoms with van der Waals surface area (Å²) in [5.74, 6) is -1.29. The van der Waals surface area contributed by atoms with Crippen molar-refractivity contribution in [3.63, 3.8) is 0 Å². The number of phosphoric acid groups is 3. The summed E-state index contributed by atoms with van der Waals surface area (Å²) in [5, 5.41) is 11.1. The predicted octanol–water partition coefficient (Wildman–Crippen LogP) is 1.47. The van der Waals surface area contributed by atoms with Crippen molar-refractivity contribution >= 4 is 52.2 Å². The van der Waals surface area contributed by atoms with Gasteiger partial charge in [-0.3, -0.25) is 13.9 Å². The summed E-state index contributed by atoms with van der Waals surface area (Å²) in [5.41, 5.74) is 6.72. The highest BCUT2D eigenvalue weighted by atomic mass is 31.3. The van der Waals surface area contributed by atoms with Gasteiger partial charge in [-0.15, -0.1) is 0 Å². The fourth-order valence-corrected chi connectivity index (χ4v) is 7.47. The van der Waals surface area contributed by atoms with Gasteiger partial charge >= 0.3 is 29.4 Å². The molecular formula is C24H24N5O15P3. The van der Waals surface area contributed by atoms with Crippen LogP contribution < -0.4 is 5.73 Å². The Kier molecular flexibility index (Phi) is 9.87. The van der Waals surface area contributed by atoms with E-state index < -0.39 is 60.6 Å². The molecule has 3 heterocycles. The quantitative estimate of drug-likeness (QED) is 0.0687. The average Bonchev–Trinajstić information content (AvgIpc) is 3.56. The molecule has 0 amide bonds. The van der Waals surface area contributed by atoms with Crippen molar-refractivity contribution in [1.29, 1.82) is 0 Å². The van der Waals surface area contributed by atoms with Crippen LogP contribution in [0.15, 0.2) is 67.3 Å². The Labute approximate surface area is 263 Å². The van der Waals surface area contributed by atoms with Crippen LogP contribution >= 0.6 is 23.5 Å². The number of anilines is 1. The van der Waals surface area contributed by atoms with E-state index in [4.69, 9.17) is 25.0 Å². The van der Waals surface area contributed by atoms with Crippen molar-refractivity contribution in [2.45, 2.75) is 24.5 Å². The summed E-state index contributed by atoms with van der Waals surface area (Å²) in [6, 6.07) is 13.9. The number of ketones is 1. The first-order valence-corrected chi connectivity index (χ1v) is 17.5. The van der Waals surface area contributed by atoms with E-state index in [1.54, 1.807) is 30.3 Å². The molecule has 0 spiro atoms. The molecule has 0 saturated carbocycles. The van der Waals surface area contributed by atoms with Crippen LogP contribution in [0.2, 0.25) is 0 Å². The zero-order valence-corrected chi connectivity index (χ0v) is 26.1. The van der Waals surface area contributed by atoms with Gasteiger partial charge in [-0.25, -0.2) is 33.4 Å². The number of benzene rings is 2. The average molecular weight is 715 g/mol. The molecule has 2 aromatic carbocycles. The number of aliphatic hydroxyl groups excluding tert-OH is 1. The van der Waals surface area contributed by atoms with E-state index in [2.05, 4.69) is 28.1 Å². The standard InChI is InChI=1S/C24H24N5O15P3/c25-21-17-22(27-11-26-21)29(12-28-17)23-20(19(31)16(41-23)10-40-46(36,37)44-47(38,39)43-45(33,34)35)42-24(32)15-8-6-14(7-9-15)18(30)13-4-2-1-3-5-13/h1-9,11-12,16,19-20,23,31H,10H2,(H,36,37)(H,38,39)(H2,25,26,27)(H2,33,34,35)/t16-,19-,20-,23-/m1/s1. The van der Waals surface area contributed by atoms with Crippen LogP contribution in [0.4, 0.5) is 5.82 Å². The number of nitrogens with two attached hydrogens (primary N) is 1. The number of nitrogen functional groups attached to an aromatic ring is 1. The molecular weight excluding hydrogens is 691 g/mol. The summed E-state index contributed by atoms with van der Waals surface area (Å²) in [7, 11) is -17.1. The van der Waals surface area contributed by atoms with Crippen LogP contribution in [0.25, 0.3) is 11.2 Å². The Balaban J connectivity index is 1.36. The van der Waals surface area contributed by atoms with E-state index in [-0.39, 0.29) is 33.9 Å². The van der Waals surface area contributed by atoms with Gasteiger partial charge in [0.2, 0.25) is 0 Å². The number of ether oxygens (including phenoxy) is 2. The van der Waals surface area contributed by atoms with E-state index in [1.807, 2.05) is 0 Å². The van der Waals surface area contributed by atoms with Gasteiger partial charge in [-0.1, -0.05) is 42.5 Å². The first-order valence-electron chi connectivity index (χ1n) is 13.0. The number of imidazole rings is 1. The second-order valence-electron chi connectivity index (χ2n) is 9.67. The smallest absolute Gasteiger partial charge is 0.451 e. The third kappa shape index (κ3) is 8.22. The summed E-state index contributed by atoms with van der Waals surface area (Å²) in [4.78, 5) is 74.6. The van der Waals surface area contributed by atoms with E-state index in [9.17, 15) is 38.2 Å². The highest BCUT2D eigenvalue weighted by molar-refractivity contribution is 7.66. The van der Waals surface area contributed by atoms with Gasteiger partial charge in [-0.2, -0.15) is 8.62 Å². The maximum absolute atomic E-state index is 13.2. The van der Waals surface area contributed by atoms with Crippen molar-refractivity contribution in [3.05, 3.63) is 83.9 Å². The molecule has 1 aliphatic rings. The Morgan fingerprint density at radius 1 is 0.872 bits per heavy atom. The number of hydrogen-bond acceptors (Lipinski definition) is 15. The summed E-state index contributed by atoms with van der Waals surface area (Å²) in [6.45, 7) is -1.06. The normalized spacial score (nSPS) is 22.4. The topological polar surface area (TPSA) is 302 Å². The van der Waals surface area contributed by atoms with Crippen molar-refractivity contribution in [2.24, 2.45) is 0 Å². The number of hydrogen-bond donors (Lipinski definition) is 6. The molecule has 23 heteroatoms. The number of phosphoric ester groups is 1. The molecule has 250 valence electrons. The number of carbonyl (C=O) groups excluding carboxylic acids is 2. The molecule has 20 nitrogen and oxygen atoms in total. The van der Waals surface area contributed by atoms with Gasteiger partial charge < -0.3 is 39.9 Å². The Hall–Kier alpha value is -3.74. The molecule has 7 N–H and O–H groups in total. The minimum atomic E-state index is -5.82. The van der Waals surface area contributed by atoms with Crippen LogP contribution in [0, 0.1) is 0 Å². The zero-order chi connectivity index (χ0) is 34.1. The van der Waals surface area contributed by atoms with E-state index in [0.717, 1.165) is 6.33 Å². The van der Waals surface area contributed by atoms with Gasteiger partial charge in [0.25, 0.3) is 0 Å². The van der Waals surface area contributed by atoms with Crippen LogP contribution in [-0.4, -0.2) is 80.9 Å². The monoisotopic (exact) mass is 715 g/mol. The van der Waals surface area contributed by atoms with E-state index in [1.165, 1.54) is 35.2 Å². The number of carbonyl (C=O) groups is 2. The summed E-state index contributed by atoms with van der Waals surface area (Å²) >= 11 is 0. The second-order valence-corrected chi connectivity index (χ2v) is 14.1. The molecule has 1 fully saturated rings. The van der Waals surface area contributed by atoms with Crippen molar-refractivity contribution in [1.82, 2.24) is 19.5 Å². The maximum Gasteiger partial charge on any atom is 0.490 e. The number of aliphatic hydroxyl groups is 1. The van der Waals surface area contributed by atoms with E-state index in [0.29, 0.717) is 5.56 Å². The number of fused-ring (bicyclic) bond motifs is 1. The lowest BCUT2D eigenvalue weighted by Crippen LogP contribution is -2.37. The number of aromatic nitrogens is 4. The van der Waals surface area contributed by atoms with Crippen molar-refractivity contribution in [2.75, 3.05) is 12.3 Å². The van der Waals surface area contributed by atoms with E-state index >= 15 is 0 Å². The SMILES string of the molecule is Nc1ncnc2c1ncn2[C@@H]1O[C@H](COP(=O)(O)OP(=O)(O)OP(=O)(O)O)[C@@H](O)[C@H]1OC(=O)c1ccc(C(=O)c2ccccc2)cc1. The zero-order valence-electron chi connectivity index (χ0n) is 23.4. The molecule has 6 atom stereocenters. The maximum atomic E-state index is 13.2. The number of esters is 1. The Morgan fingerprint density at radius 2 is 1.51 bits per heavy atom. The Morgan fingerprint density at radius 3 is 2.17 bits per heavy atom. The second kappa shape index (κ2) is 13.4. The van der Waals surface area contributed by atoms with Crippen LogP contribution in [0.5, 0.6) is 0 Å². The predicted molar refractivity (Wildman–Crippen MR) is 155 cm³/mol. The minimum absolute atomic E-state index is 0.0183. The van der Waals surface area contributed by atoms with Crippen LogP contribution in [-0.2, 0) is 36.3 Å². The largest absolute Gasteiger partial charge is 0.490 e. The summed E-state index contributed by atoms with van der Waals surface area (Å²) in [6.07, 6.45) is -4.15. The fourth-order valence-electron chi connectivity index (χ4n) is 4.44. The molecule has 47 heavy (non-hydrogen) atoms. The van der Waals surface area contributed by atoms with Crippen molar-refractivity contribution < 1.29 is 70.6 Å². The third-order valence-corrected chi connectivity index (χ3v) is 10.3. The molecule has 4 aromatic rings. The van der Waals surface area contributed by atoms with Crippen molar-refractivity contribution in [3.8, 4) is 0 Å². The highest BCUT2D eigenvalue weighted by Gasteiger charge is 2.49. The van der Waals surface area contributed by atoms with Gasteiger partial charge in [0, 0.05) is 11.1 Å². The lowest BCUT2D eigenvalue weighted by molar-refractivity contribution is -0.0558. The first-order chi connectivity index (χ1) is 22.0. The molecule has 1 aliphatic heterocycles. The molecule has 2 unspecified atom stereocenters. The van der Waals surface area contributed by atoms with Crippen LogP contribution in [0.1, 0.15) is 32.5 Å². The molecule has 1 saturated heterocycles.